The zero-order valence-electron chi connectivity index (χ0n) is 23.3. The largest absolute Gasteiger partial charge is 0.461 e. The summed E-state index contributed by atoms with van der Waals surface area (Å²) in [6, 6.07) is 7.90. The molecule has 2 unspecified atom stereocenters. The summed E-state index contributed by atoms with van der Waals surface area (Å²) in [7, 11) is 1.59. The van der Waals surface area contributed by atoms with Crippen molar-refractivity contribution < 1.29 is 18.7 Å². The summed E-state index contributed by atoms with van der Waals surface area (Å²) >= 11 is 0. The minimum Gasteiger partial charge on any atom is -0.461 e. The molecule has 2 atom stereocenters. The van der Waals surface area contributed by atoms with E-state index in [4.69, 9.17) is 4.74 Å². The molecule has 1 fully saturated rings. The number of nitrogens with zero attached hydrogens (tertiary/aromatic N) is 5. The smallest absolute Gasteiger partial charge is 0.302 e. The third-order valence-corrected chi connectivity index (χ3v) is 8.68. The van der Waals surface area contributed by atoms with E-state index < -0.39 is 11.8 Å². The molecule has 4 aromatic rings. The van der Waals surface area contributed by atoms with Gasteiger partial charge in [0.25, 0.3) is 11.5 Å². The zero-order chi connectivity index (χ0) is 29.1. The van der Waals surface area contributed by atoms with E-state index >= 15 is 4.39 Å². The van der Waals surface area contributed by atoms with Crippen molar-refractivity contribution in [3.05, 3.63) is 87.7 Å². The van der Waals surface area contributed by atoms with Gasteiger partial charge in [-0.3, -0.25) is 14.4 Å². The molecule has 1 aliphatic heterocycles. The van der Waals surface area contributed by atoms with Crippen LogP contribution in [0.5, 0.6) is 0 Å². The number of fused-ring (bicyclic) bond motifs is 7. The number of pyridine rings is 1. The van der Waals surface area contributed by atoms with E-state index in [0.29, 0.717) is 58.8 Å². The predicted octanol–water partition coefficient (Wildman–Crippen LogP) is 4.61. The van der Waals surface area contributed by atoms with Crippen LogP contribution in [0.3, 0.4) is 0 Å². The van der Waals surface area contributed by atoms with Crippen molar-refractivity contribution in [2.45, 2.75) is 51.2 Å². The molecule has 7 rings (SSSR count). The third-order valence-electron chi connectivity index (χ3n) is 8.68. The molecule has 4 heterocycles. The molecule has 214 valence electrons. The van der Waals surface area contributed by atoms with E-state index in [1.165, 1.54) is 41.2 Å². The van der Waals surface area contributed by atoms with E-state index in [-0.39, 0.29) is 23.8 Å². The van der Waals surface area contributed by atoms with Crippen LogP contribution in [0.2, 0.25) is 0 Å². The highest BCUT2D eigenvalue weighted by Crippen LogP contribution is 2.54. The van der Waals surface area contributed by atoms with Crippen molar-refractivity contribution in [2.75, 3.05) is 16.8 Å². The van der Waals surface area contributed by atoms with Crippen LogP contribution in [0.4, 0.5) is 21.6 Å². The predicted molar refractivity (Wildman–Crippen MR) is 153 cm³/mol. The fraction of sp³-hybridized carbons (Fsp3) is 0.323. The van der Waals surface area contributed by atoms with Gasteiger partial charge in [0.1, 0.15) is 36.0 Å². The fourth-order valence-electron chi connectivity index (χ4n) is 6.87. The molecule has 2 bridgehead atoms. The van der Waals surface area contributed by atoms with Crippen molar-refractivity contribution in [1.82, 2.24) is 19.1 Å². The van der Waals surface area contributed by atoms with Crippen LogP contribution in [-0.2, 0) is 29.7 Å². The second-order valence-corrected chi connectivity index (χ2v) is 11.2. The van der Waals surface area contributed by atoms with Crippen LogP contribution in [-0.4, -0.2) is 37.5 Å². The molecule has 10 nitrogen and oxygen atoms in total. The highest BCUT2D eigenvalue weighted by molar-refractivity contribution is 6.07. The number of aromatic nitrogens is 4. The number of amides is 1. The van der Waals surface area contributed by atoms with Crippen molar-refractivity contribution >= 4 is 29.1 Å². The lowest BCUT2D eigenvalue weighted by Gasteiger charge is -2.32. The minimum atomic E-state index is -0.556. The molecule has 42 heavy (non-hydrogen) atoms. The Hall–Kier alpha value is -4.80. The number of anilines is 3. The van der Waals surface area contributed by atoms with Crippen LogP contribution in [0, 0.1) is 5.82 Å². The zero-order valence-corrected chi connectivity index (χ0v) is 23.3. The number of carbonyl (C=O) groups is 2. The molecule has 2 aliphatic carbocycles. The molecule has 0 spiro atoms. The Balaban J connectivity index is 1.33. The van der Waals surface area contributed by atoms with E-state index in [2.05, 4.69) is 19.9 Å². The Morgan fingerprint density at radius 1 is 1.14 bits per heavy atom. The Morgan fingerprint density at radius 2 is 1.98 bits per heavy atom. The average molecular weight is 569 g/mol. The number of benzene rings is 1. The number of carbonyl (C=O) groups excluding carboxylic acids is 2. The number of rotatable bonds is 6. The number of esters is 1. The molecule has 1 saturated carbocycles. The number of hydrogen-bond acceptors (Lipinski definition) is 7. The number of ether oxygens (including phenoxy) is 1. The summed E-state index contributed by atoms with van der Waals surface area (Å²) in [5.74, 6) is 0.171. The van der Waals surface area contributed by atoms with E-state index in [0.717, 1.165) is 19.3 Å². The van der Waals surface area contributed by atoms with Gasteiger partial charge in [0.05, 0.1) is 5.69 Å². The maximum atomic E-state index is 15.4. The maximum absolute atomic E-state index is 15.4. The summed E-state index contributed by atoms with van der Waals surface area (Å²) in [4.78, 5) is 48.4. The van der Waals surface area contributed by atoms with Gasteiger partial charge < -0.3 is 24.1 Å². The second kappa shape index (κ2) is 9.93. The van der Waals surface area contributed by atoms with Crippen LogP contribution in [0.25, 0.3) is 11.1 Å². The molecule has 11 heteroatoms. The van der Waals surface area contributed by atoms with Crippen LogP contribution >= 0.6 is 0 Å². The van der Waals surface area contributed by atoms with Gasteiger partial charge >= 0.3 is 5.97 Å². The fourth-order valence-corrected chi connectivity index (χ4v) is 6.87. The van der Waals surface area contributed by atoms with Crippen molar-refractivity contribution in [1.29, 1.82) is 0 Å². The van der Waals surface area contributed by atoms with Gasteiger partial charge in [-0.15, -0.1) is 0 Å². The van der Waals surface area contributed by atoms with Gasteiger partial charge in [-0.2, -0.15) is 0 Å². The highest BCUT2D eigenvalue weighted by Gasteiger charge is 2.43. The van der Waals surface area contributed by atoms with Crippen LogP contribution in [0.15, 0.2) is 53.8 Å². The van der Waals surface area contributed by atoms with Crippen molar-refractivity contribution in [3.63, 3.8) is 0 Å². The first-order chi connectivity index (χ1) is 20.3. The van der Waals surface area contributed by atoms with E-state index in [1.54, 1.807) is 36.5 Å². The van der Waals surface area contributed by atoms with Crippen LogP contribution < -0.4 is 15.8 Å². The van der Waals surface area contributed by atoms with E-state index in [9.17, 15) is 14.4 Å². The summed E-state index contributed by atoms with van der Waals surface area (Å²) in [6.07, 6.45) is 7.98. The number of halogens is 1. The summed E-state index contributed by atoms with van der Waals surface area (Å²) in [6.45, 7) is 2.08. The van der Waals surface area contributed by atoms with Gasteiger partial charge in [-0.05, 0) is 66.6 Å². The molecular weight excluding hydrogens is 539 g/mol. The Morgan fingerprint density at radius 3 is 2.76 bits per heavy atom. The molecule has 3 aromatic heterocycles. The molecule has 3 aliphatic rings. The topological polar surface area (TPSA) is 111 Å². The van der Waals surface area contributed by atoms with E-state index in [1.807, 2.05) is 6.07 Å². The molecule has 1 amide bonds. The highest BCUT2D eigenvalue weighted by atomic mass is 19.1. The monoisotopic (exact) mass is 568 g/mol. The second-order valence-electron chi connectivity index (χ2n) is 11.2. The molecular formula is C31H29FN6O4. The molecule has 1 aromatic carbocycles. The molecule has 1 N–H and O–H groups in total. The number of aryl methyl sites for hydroxylation is 1. The summed E-state index contributed by atoms with van der Waals surface area (Å²) < 4.78 is 24.4. The Labute approximate surface area is 240 Å². The average Bonchev–Trinajstić information content (AvgIpc) is 3.69. The van der Waals surface area contributed by atoms with Gasteiger partial charge in [0, 0.05) is 62.2 Å². The lowest BCUT2D eigenvalue weighted by atomic mass is 9.97. The van der Waals surface area contributed by atoms with Gasteiger partial charge in [-0.25, -0.2) is 14.4 Å². The summed E-state index contributed by atoms with van der Waals surface area (Å²) in [5, 5.41) is 3.00. The first kappa shape index (κ1) is 26.1. The lowest BCUT2D eigenvalue weighted by Crippen LogP contribution is -2.41. The Kier molecular flexibility index (Phi) is 6.18. The molecule has 0 radical (unpaired) electrons. The summed E-state index contributed by atoms with van der Waals surface area (Å²) in [5.41, 5.74) is 4.81. The standard InChI is InChI=1S/C31H29FN6O4/c1-17(39)42-15-24-22(20-10-25(30(40)36(2)14-20)35-28-5-6-33-16-34-28)11-21(32)12-26(24)38-8-7-37-27(31(38)41)13-23-18-3-4-19(9-18)29(23)37/h5-6,10-14,16,18-19H,3-4,7-9,15H2,1-2H3,(H,33,34,35). The van der Waals surface area contributed by atoms with Crippen LogP contribution in [0.1, 0.15) is 65.3 Å². The Bertz CT molecular complexity index is 1810. The van der Waals surface area contributed by atoms with Crippen molar-refractivity contribution in [3.8, 4) is 11.1 Å². The quantitative estimate of drug-likeness (QED) is 0.338. The van der Waals surface area contributed by atoms with Crippen molar-refractivity contribution in [2.24, 2.45) is 7.05 Å². The van der Waals surface area contributed by atoms with Gasteiger partial charge in [0.15, 0.2) is 0 Å². The lowest BCUT2D eigenvalue weighted by molar-refractivity contribution is -0.142. The molecule has 0 saturated heterocycles. The maximum Gasteiger partial charge on any atom is 0.302 e. The third kappa shape index (κ3) is 4.27. The number of nitrogens with one attached hydrogen (secondary N) is 1. The van der Waals surface area contributed by atoms with Gasteiger partial charge in [-0.1, -0.05) is 0 Å². The first-order valence-corrected chi connectivity index (χ1v) is 14.0. The number of hydrogen-bond donors (Lipinski definition) is 1. The first-order valence-electron chi connectivity index (χ1n) is 14.0. The van der Waals surface area contributed by atoms with Gasteiger partial charge in [0.2, 0.25) is 0 Å². The normalized spacial score (nSPS) is 18.6. The minimum absolute atomic E-state index is 0.177. The SMILES string of the molecule is CC(=O)OCc1c(-c2cc(Nc3ccncn3)c(=O)n(C)c2)cc(F)cc1N1CCn2c(cc3c2C2CCC3C2)C1=O.